The Kier molecular flexibility index (Phi) is 3.49. The van der Waals surface area contributed by atoms with Gasteiger partial charge in [0.25, 0.3) is 11.2 Å². The van der Waals surface area contributed by atoms with Crippen LogP contribution in [0.2, 0.25) is 0 Å². The number of aromatic nitrogens is 2. The van der Waals surface area contributed by atoms with E-state index in [9.17, 15) is 14.9 Å². The number of rotatable bonds is 3. The number of fused-ring (bicyclic) bond motifs is 1. The molecule has 0 bridgehead atoms. The Labute approximate surface area is 124 Å². The zero-order chi connectivity index (χ0) is 15.5. The zero-order valence-electron chi connectivity index (χ0n) is 11.4. The summed E-state index contributed by atoms with van der Waals surface area (Å²) in [6, 6.07) is 13.4. The number of nitrogens with zero attached hydrogens (tertiary/aromatic N) is 2. The average molecular weight is 293 g/mol. The highest BCUT2D eigenvalue weighted by Crippen LogP contribution is 2.15. The van der Waals surface area contributed by atoms with Crippen molar-refractivity contribution < 1.29 is 4.92 Å². The van der Waals surface area contributed by atoms with Gasteiger partial charge >= 0.3 is 0 Å². The number of aromatic amines is 1. The van der Waals surface area contributed by atoms with Crippen molar-refractivity contribution in [2.45, 2.75) is 0 Å². The van der Waals surface area contributed by atoms with Crippen LogP contribution in [0.15, 0.2) is 53.3 Å². The van der Waals surface area contributed by atoms with Crippen molar-refractivity contribution in [3.8, 4) is 0 Å². The minimum absolute atomic E-state index is 0.00234. The van der Waals surface area contributed by atoms with Crippen LogP contribution >= 0.6 is 0 Å². The highest BCUT2D eigenvalue weighted by atomic mass is 16.6. The molecule has 0 atom stereocenters. The molecule has 2 aromatic carbocycles. The van der Waals surface area contributed by atoms with E-state index in [-0.39, 0.29) is 16.9 Å². The van der Waals surface area contributed by atoms with Gasteiger partial charge in [0.2, 0.25) is 0 Å². The molecule has 108 valence electrons. The lowest BCUT2D eigenvalue weighted by atomic mass is 10.2. The van der Waals surface area contributed by atoms with E-state index in [1.165, 1.54) is 12.1 Å². The summed E-state index contributed by atoms with van der Waals surface area (Å²) in [5.41, 5.74) is 1.93. The topological polar surface area (TPSA) is 88.9 Å². The average Bonchev–Trinajstić information content (AvgIpc) is 2.53. The summed E-state index contributed by atoms with van der Waals surface area (Å²) < 4.78 is 0. The Bertz CT molecular complexity index is 945. The second kappa shape index (κ2) is 5.61. The van der Waals surface area contributed by atoms with Gasteiger partial charge in [0, 0.05) is 12.1 Å². The van der Waals surface area contributed by atoms with Gasteiger partial charge < -0.3 is 4.98 Å². The third kappa shape index (κ3) is 2.76. The van der Waals surface area contributed by atoms with Gasteiger partial charge in [-0.05, 0) is 23.8 Å². The fraction of sp³-hybridized carbons (Fsp3) is 0. The molecule has 0 saturated heterocycles. The molecule has 0 spiro atoms. The number of hydrogen-bond donors (Lipinski definition) is 1. The van der Waals surface area contributed by atoms with Crippen molar-refractivity contribution in [1.82, 2.24) is 9.97 Å². The van der Waals surface area contributed by atoms with Gasteiger partial charge in [-0.3, -0.25) is 14.9 Å². The summed E-state index contributed by atoms with van der Waals surface area (Å²) in [6.45, 7) is 0. The number of H-pyrrole nitrogens is 1. The number of nitrogens with one attached hydrogen (secondary N) is 1. The molecule has 0 unspecified atom stereocenters. The molecule has 6 heteroatoms. The number of hydrogen-bond acceptors (Lipinski definition) is 4. The van der Waals surface area contributed by atoms with Crippen molar-refractivity contribution in [3.63, 3.8) is 0 Å². The lowest BCUT2D eigenvalue weighted by molar-refractivity contribution is -0.384. The Morgan fingerprint density at radius 3 is 2.73 bits per heavy atom. The van der Waals surface area contributed by atoms with E-state index in [1.54, 1.807) is 36.4 Å². The quantitative estimate of drug-likeness (QED) is 0.593. The summed E-state index contributed by atoms with van der Waals surface area (Å²) in [7, 11) is 0. The van der Waals surface area contributed by atoms with Crippen LogP contribution in [0.3, 0.4) is 0 Å². The summed E-state index contributed by atoms with van der Waals surface area (Å²) in [5.74, 6) is 0. The van der Waals surface area contributed by atoms with Crippen LogP contribution in [0.5, 0.6) is 0 Å². The van der Waals surface area contributed by atoms with E-state index in [1.807, 2.05) is 12.1 Å². The van der Waals surface area contributed by atoms with E-state index < -0.39 is 4.92 Å². The van der Waals surface area contributed by atoms with Gasteiger partial charge in [-0.1, -0.05) is 30.3 Å². The Morgan fingerprint density at radius 2 is 1.91 bits per heavy atom. The Hall–Kier alpha value is -3.28. The molecule has 0 aliphatic carbocycles. The first kappa shape index (κ1) is 13.7. The summed E-state index contributed by atoms with van der Waals surface area (Å²) in [6.07, 6.45) is 3.17. The minimum Gasteiger partial charge on any atom is -0.319 e. The highest BCUT2D eigenvalue weighted by molar-refractivity contribution is 5.76. The minimum atomic E-state index is -0.460. The van der Waals surface area contributed by atoms with Gasteiger partial charge in [-0.2, -0.15) is 0 Å². The third-order valence-corrected chi connectivity index (χ3v) is 3.14. The van der Waals surface area contributed by atoms with E-state index in [0.29, 0.717) is 16.6 Å². The number of nitro benzene ring substituents is 1. The fourth-order valence-corrected chi connectivity index (χ4v) is 2.07. The number of benzene rings is 2. The maximum absolute atomic E-state index is 12.0. The van der Waals surface area contributed by atoms with Gasteiger partial charge in [0.15, 0.2) is 0 Å². The van der Waals surface area contributed by atoms with Crippen LogP contribution in [0, 0.1) is 10.1 Å². The summed E-state index contributed by atoms with van der Waals surface area (Å²) in [5, 5.41) is 10.7. The van der Waals surface area contributed by atoms with Crippen LogP contribution in [-0.4, -0.2) is 14.9 Å². The molecule has 1 N–H and O–H groups in total. The smallest absolute Gasteiger partial charge is 0.274 e. The van der Waals surface area contributed by atoms with Gasteiger partial charge in [-0.25, -0.2) is 4.98 Å². The van der Waals surface area contributed by atoms with Crippen molar-refractivity contribution in [3.05, 3.63) is 80.3 Å². The van der Waals surface area contributed by atoms with Crippen LogP contribution in [0.25, 0.3) is 23.2 Å². The van der Waals surface area contributed by atoms with Crippen molar-refractivity contribution in [1.29, 1.82) is 0 Å². The second-order valence-corrected chi connectivity index (χ2v) is 4.65. The lowest BCUT2D eigenvalue weighted by Crippen LogP contribution is -2.11. The monoisotopic (exact) mass is 293 g/mol. The van der Waals surface area contributed by atoms with Gasteiger partial charge in [-0.15, -0.1) is 0 Å². The SMILES string of the molecule is O=c1[nH]c2ccccc2nc1/C=C\c1cccc([N+](=O)[O-])c1. The Balaban J connectivity index is 1.99. The highest BCUT2D eigenvalue weighted by Gasteiger charge is 2.04. The predicted octanol–water partition coefficient (Wildman–Crippen LogP) is 3.00. The van der Waals surface area contributed by atoms with Crippen LogP contribution < -0.4 is 5.56 Å². The Morgan fingerprint density at radius 1 is 1.09 bits per heavy atom. The molecule has 0 aliphatic heterocycles. The molecule has 3 aromatic rings. The molecule has 0 radical (unpaired) electrons. The first-order valence-electron chi connectivity index (χ1n) is 6.55. The van der Waals surface area contributed by atoms with E-state index in [2.05, 4.69) is 9.97 Å². The van der Waals surface area contributed by atoms with E-state index in [4.69, 9.17) is 0 Å². The first-order chi connectivity index (χ1) is 10.6. The fourth-order valence-electron chi connectivity index (χ4n) is 2.07. The third-order valence-electron chi connectivity index (χ3n) is 3.14. The molecule has 6 nitrogen and oxygen atoms in total. The lowest BCUT2D eigenvalue weighted by Gasteiger charge is -1.98. The van der Waals surface area contributed by atoms with Crippen LogP contribution in [0.4, 0.5) is 5.69 Å². The van der Waals surface area contributed by atoms with E-state index in [0.717, 1.165) is 0 Å². The molecular weight excluding hydrogens is 282 g/mol. The van der Waals surface area contributed by atoms with Crippen molar-refractivity contribution in [2.75, 3.05) is 0 Å². The normalized spacial score (nSPS) is 11.1. The molecule has 1 heterocycles. The summed E-state index contributed by atoms with van der Waals surface area (Å²) in [4.78, 5) is 29.3. The predicted molar refractivity (Wildman–Crippen MR) is 84.4 cm³/mol. The number of nitro groups is 1. The van der Waals surface area contributed by atoms with Crippen molar-refractivity contribution >= 4 is 28.9 Å². The molecule has 3 rings (SSSR count). The first-order valence-corrected chi connectivity index (χ1v) is 6.55. The second-order valence-electron chi connectivity index (χ2n) is 4.65. The standard InChI is InChI=1S/C16H11N3O3/c20-16-15(17-13-6-1-2-7-14(13)18-16)9-8-11-4-3-5-12(10-11)19(21)22/h1-10H,(H,18,20)/b9-8-. The zero-order valence-corrected chi connectivity index (χ0v) is 11.4. The molecule has 0 amide bonds. The molecule has 22 heavy (non-hydrogen) atoms. The maximum Gasteiger partial charge on any atom is 0.274 e. The molecule has 0 fully saturated rings. The largest absolute Gasteiger partial charge is 0.319 e. The maximum atomic E-state index is 12.0. The molecular formula is C16H11N3O3. The van der Waals surface area contributed by atoms with Gasteiger partial charge in [0.1, 0.15) is 5.69 Å². The van der Waals surface area contributed by atoms with Crippen LogP contribution in [0.1, 0.15) is 11.3 Å². The molecule has 1 aromatic heterocycles. The molecule has 0 aliphatic rings. The van der Waals surface area contributed by atoms with Gasteiger partial charge in [0.05, 0.1) is 16.0 Å². The van der Waals surface area contributed by atoms with Crippen molar-refractivity contribution in [2.24, 2.45) is 0 Å². The van der Waals surface area contributed by atoms with Crippen LogP contribution in [-0.2, 0) is 0 Å². The number of non-ortho nitro benzene ring substituents is 1. The summed E-state index contributed by atoms with van der Waals surface area (Å²) >= 11 is 0. The molecule has 0 saturated carbocycles. The van der Waals surface area contributed by atoms with E-state index >= 15 is 0 Å². The number of para-hydroxylation sites is 2.